The van der Waals surface area contributed by atoms with Crippen LogP contribution in [0.3, 0.4) is 0 Å². The van der Waals surface area contributed by atoms with E-state index in [0.717, 1.165) is 5.56 Å². The summed E-state index contributed by atoms with van der Waals surface area (Å²) >= 11 is 5.76. The zero-order valence-electron chi connectivity index (χ0n) is 6.71. The number of benzene rings is 1. The number of halogens is 1. The fourth-order valence-electron chi connectivity index (χ4n) is 0.998. The molecule has 0 aliphatic rings. The van der Waals surface area contributed by atoms with Crippen LogP contribution >= 0.6 is 11.6 Å². The highest BCUT2D eigenvalue weighted by Gasteiger charge is 2.05. The minimum atomic E-state index is 0.246. The predicted octanol–water partition coefficient (Wildman–Crippen LogP) is 1.86. The molecular weight excluding hydrogens is 186 g/mol. The van der Waals surface area contributed by atoms with Crippen LogP contribution in [0.15, 0.2) is 12.1 Å². The molecule has 0 aliphatic carbocycles. The van der Waals surface area contributed by atoms with Gasteiger partial charge in [0.15, 0.2) is 0 Å². The summed E-state index contributed by atoms with van der Waals surface area (Å²) in [6, 6.07) is 7.05. The van der Waals surface area contributed by atoms with Crippen LogP contribution in [0.25, 0.3) is 0 Å². The zero-order valence-corrected chi connectivity index (χ0v) is 7.47. The maximum absolute atomic E-state index is 8.64. The zero-order chi connectivity index (χ0) is 9.84. The van der Waals surface area contributed by atoms with Gasteiger partial charge in [-0.25, -0.2) is 0 Å². The standard InChI is InChI=1S/C9H6ClN3/c10-8-3-6(1-2-11)4-9(13)7(8)5-12/h3-4H,1,13H2. The van der Waals surface area contributed by atoms with Crippen LogP contribution in [0.1, 0.15) is 11.1 Å². The molecule has 2 N–H and O–H groups in total. The van der Waals surface area contributed by atoms with E-state index in [0.29, 0.717) is 10.7 Å². The van der Waals surface area contributed by atoms with E-state index in [9.17, 15) is 0 Å². The van der Waals surface area contributed by atoms with Gasteiger partial charge in [-0.3, -0.25) is 0 Å². The van der Waals surface area contributed by atoms with Crippen molar-refractivity contribution in [2.75, 3.05) is 5.73 Å². The molecule has 64 valence electrons. The summed E-state index contributed by atoms with van der Waals surface area (Å²) < 4.78 is 0. The second-order valence-corrected chi connectivity index (χ2v) is 2.90. The molecule has 0 aromatic heterocycles. The fraction of sp³-hybridized carbons (Fsp3) is 0.111. The van der Waals surface area contributed by atoms with Gasteiger partial charge in [-0.05, 0) is 17.7 Å². The molecule has 0 saturated heterocycles. The van der Waals surface area contributed by atoms with Gasteiger partial charge in [0.2, 0.25) is 0 Å². The summed E-state index contributed by atoms with van der Waals surface area (Å²) in [6.45, 7) is 0. The summed E-state index contributed by atoms with van der Waals surface area (Å²) in [5, 5.41) is 17.4. The van der Waals surface area contributed by atoms with Gasteiger partial charge in [-0.1, -0.05) is 11.6 Å². The molecule has 0 fully saturated rings. The molecule has 0 aliphatic heterocycles. The third-order valence-electron chi connectivity index (χ3n) is 1.58. The van der Waals surface area contributed by atoms with Gasteiger partial charge in [0.05, 0.1) is 28.8 Å². The molecule has 13 heavy (non-hydrogen) atoms. The first kappa shape index (κ1) is 9.38. The lowest BCUT2D eigenvalue weighted by atomic mass is 10.1. The molecule has 1 rings (SSSR count). The quantitative estimate of drug-likeness (QED) is 0.689. The molecule has 0 radical (unpaired) electrons. The normalized spacial score (nSPS) is 8.85. The van der Waals surface area contributed by atoms with Crippen LogP contribution in [0, 0.1) is 22.7 Å². The van der Waals surface area contributed by atoms with Crippen molar-refractivity contribution < 1.29 is 0 Å². The highest BCUT2D eigenvalue weighted by molar-refractivity contribution is 6.32. The Morgan fingerprint density at radius 2 is 2.08 bits per heavy atom. The smallest absolute Gasteiger partial charge is 0.103 e. The summed E-state index contributed by atoms with van der Waals surface area (Å²) in [7, 11) is 0. The van der Waals surface area contributed by atoms with Gasteiger partial charge in [0.1, 0.15) is 6.07 Å². The number of nitrogens with zero attached hydrogens (tertiary/aromatic N) is 2. The van der Waals surface area contributed by atoms with Crippen LogP contribution in [0.4, 0.5) is 5.69 Å². The Hall–Kier alpha value is -1.71. The minimum absolute atomic E-state index is 0.246. The summed E-state index contributed by atoms with van der Waals surface area (Å²) in [5.41, 5.74) is 6.86. The van der Waals surface area contributed by atoms with Crippen LogP contribution in [-0.4, -0.2) is 0 Å². The average molecular weight is 192 g/mol. The topological polar surface area (TPSA) is 73.6 Å². The fourth-order valence-corrected chi connectivity index (χ4v) is 1.29. The van der Waals surface area contributed by atoms with E-state index in [1.54, 1.807) is 12.1 Å². The van der Waals surface area contributed by atoms with Gasteiger partial charge in [0, 0.05) is 0 Å². The molecule has 0 bridgehead atoms. The molecule has 0 saturated carbocycles. The van der Waals surface area contributed by atoms with Crippen LogP contribution in [-0.2, 0) is 6.42 Å². The SMILES string of the molecule is N#CCc1cc(N)c(C#N)c(Cl)c1. The Bertz CT molecular complexity index is 389. The van der Waals surface area contributed by atoms with Crippen molar-refractivity contribution in [2.24, 2.45) is 0 Å². The number of rotatable bonds is 1. The third kappa shape index (κ3) is 1.90. The molecule has 1 aromatic carbocycles. The first-order valence-electron chi connectivity index (χ1n) is 3.54. The van der Waals surface area contributed by atoms with Gasteiger partial charge in [-0.15, -0.1) is 0 Å². The van der Waals surface area contributed by atoms with E-state index in [4.69, 9.17) is 27.9 Å². The second kappa shape index (κ2) is 3.80. The maximum atomic E-state index is 8.64. The largest absolute Gasteiger partial charge is 0.398 e. The third-order valence-corrected chi connectivity index (χ3v) is 1.87. The summed E-state index contributed by atoms with van der Waals surface area (Å²) in [6.07, 6.45) is 0.246. The van der Waals surface area contributed by atoms with Gasteiger partial charge in [-0.2, -0.15) is 10.5 Å². The lowest BCUT2D eigenvalue weighted by Gasteiger charge is -2.02. The number of nitriles is 2. The van der Waals surface area contributed by atoms with E-state index in [-0.39, 0.29) is 12.0 Å². The van der Waals surface area contributed by atoms with Crippen molar-refractivity contribution in [3.8, 4) is 12.1 Å². The number of hydrogen-bond donors (Lipinski definition) is 1. The maximum Gasteiger partial charge on any atom is 0.103 e. The van der Waals surface area contributed by atoms with Crippen LogP contribution in [0.2, 0.25) is 5.02 Å². The number of nitrogens with two attached hydrogens (primary N) is 1. The Morgan fingerprint density at radius 1 is 1.38 bits per heavy atom. The first-order valence-corrected chi connectivity index (χ1v) is 3.91. The van der Waals surface area contributed by atoms with Crippen LogP contribution in [0.5, 0.6) is 0 Å². The van der Waals surface area contributed by atoms with Crippen molar-refractivity contribution in [3.05, 3.63) is 28.3 Å². The Kier molecular flexibility index (Phi) is 2.74. The van der Waals surface area contributed by atoms with E-state index in [1.807, 2.05) is 12.1 Å². The van der Waals surface area contributed by atoms with E-state index < -0.39 is 0 Å². The predicted molar refractivity (Wildman–Crippen MR) is 49.9 cm³/mol. The Morgan fingerprint density at radius 3 is 2.54 bits per heavy atom. The monoisotopic (exact) mass is 191 g/mol. The van der Waals surface area contributed by atoms with Crippen LogP contribution < -0.4 is 5.73 Å². The lowest BCUT2D eigenvalue weighted by Crippen LogP contribution is -1.94. The first-order chi connectivity index (χ1) is 6.19. The number of anilines is 1. The second-order valence-electron chi connectivity index (χ2n) is 2.49. The Labute approximate surface area is 81.0 Å². The lowest BCUT2D eigenvalue weighted by molar-refractivity contribution is 1.26. The van der Waals surface area contributed by atoms with Crippen molar-refractivity contribution in [2.45, 2.75) is 6.42 Å². The van der Waals surface area contributed by atoms with E-state index >= 15 is 0 Å². The Balaban J connectivity index is 3.24. The molecule has 0 unspecified atom stereocenters. The highest BCUT2D eigenvalue weighted by atomic mass is 35.5. The minimum Gasteiger partial charge on any atom is -0.398 e. The van der Waals surface area contributed by atoms with Crippen molar-refractivity contribution in [1.82, 2.24) is 0 Å². The molecule has 0 atom stereocenters. The van der Waals surface area contributed by atoms with Crippen molar-refractivity contribution in [3.63, 3.8) is 0 Å². The van der Waals surface area contributed by atoms with E-state index in [2.05, 4.69) is 0 Å². The highest BCUT2D eigenvalue weighted by Crippen LogP contribution is 2.23. The molecular formula is C9H6ClN3. The number of nitrogen functional groups attached to an aromatic ring is 1. The van der Waals surface area contributed by atoms with Crippen molar-refractivity contribution >= 4 is 17.3 Å². The van der Waals surface area contributed by atoms with Gasteiger partial charge in [0.25, 0.3) is 0 Å². The van der Waals surface area contributed by atoms with Crippen molar-refractivity contribution in [1.29, 1.82) is 10.5 Å². The number of hydrogen-bond acceptors (Lipinski definition) is 3. The summed E-state index contributed by atoms with van der Waals surface area (Å²) in [4.78, 5) is 0. The molecule has 1 aromatic rings. The van der Waals surface area contributed by atoms with Gasteiger partial charge >= 0.3 is 0 Å². The molecule has 0 heterocycles. The summed E-state index contributed by atoms with van der Waals surface area (Å²) in [5.74, 6) is 0. The molecule has 3 nitrogen and oxygen atoms in total. The molecule has 0 spiro atoms. The van der Waals surface area contributed by atoms with Gasteiger partial charge < -0.3 is 5.73 Å². The van der Waals surface area contributed by atoms with E-state index in [1.165, 1.54) is 0 Å². The average Bonchev–Trinajstić information content (AvgIpc) is 2.04. The molecule has 0 amide bonds. The molecule has 4 heteroatoms.